The second kappa shape index (κ2) is 9.41. The second-order valence-electron chi connectivity index (χ2n) is 6.76. The molecule has 0 radical (unpaired) electrons. The Hall–Kier alpha value is -2.69. The van der Waals surface area contributed by atoms with Crippen molar-refractivity contribution < 1.29 is 13.2 Å². The molecule has 0 aliphatic heterocycles. The van der Waals surface area contributed by atoms with Gasteiger partial charge in [0, 0.05) is 17.8 Å². The van der Waals surface area contributed by atoms with E-state index in [1.807, 2.05) is 36.6 Å². The van der Waals surface area contributed by atoms with E-state index in [1.54, 1.807) is 24.3 Å². The molecule has 158 valence electrons. The molecule has 3 N–H and O–H groups in total. The van der Waals surface area contributed by atoms with Gasteiger partial charge in [0.15, 0.2) is 11.0 Å². The molecule has 0 aliphatic rings. The van der Waals surface area contributed by atoms with Crippen LogP contribution in [0.1, 0.15) is 18.1 Å². The third kappa shape index (κ3) is 5.91. The van der Waals surface area contributed by atoms with E-state index in [4.69, 9.17) is 5.14 Å². The molecule has 0 aliphatic carbocycles. The maximum absolute atomic E-state index is 12.3. The average Bonchev–Trinajstić information content (AvgIpc) is 3.10. The molecular formula is C20H23N5O3S2. The number of sulfonamides is 1. The van der Waals surface area contributed by atoms with Crippen molar-refractivity contribution in [2.24, 2.45) is 5.14 Å². The molecule has 0 spiro atoms. The van der Waals surface area contributed by atoms with Gasteiger partial charge >= 0.3 is 0 Å². The highest BCUT2D eigenvalue weighted by molar-refractivity contribution is 7.99. The molecule has 8 nitrogen and oxygen atoms in total. The third-order valence-corrected chi connectivity index (χ3v) is 5.95. The van der Waals surface area contributed by atoms with Crippen molar-refractivity contribution >= 4 is 33.4 Å². The van der Waals surface area contributed by atoms with Gasteiger partial charge in [0.1, 0.15) is 0 Å². The Bertz CT molecular complexity index is 1140. The lowest BCUT2D eigenvalue weighted by molar-refractivity contribution is -0.113. The average molecular weight is 446 g/mol. The van der Waals surface area contributed by atoms with Gasteiger partial charge in [0.05, 0.1) is 11.5 Å². The van der Waals surface area contributed by atoms with Gasteiger partial charge in [0.2, 0.25) is 15.9 Å². The maximum Gasteiger partial charge on any atom is 0.234 e. The van der Waals surface area contributed by atoms with Crippen LogP contribution in [0.15, 0.2) is 53.7 Å². The van der Waals surface area contributed by atoms with E-state index in [0.29, 0.717) is 23.0 Å². The topological polar surface area (TPSA) is 120 Å². The van der Waals surface area contributed by atoms with Crippen molar-refractivity contribution in [3.05, 3.63) is 59.7 Å². The number of aryl methyl sites for hydroxylation is 1. The fourth-order valence-corrected chi connectivity index (χ4v) is 4.38. The predicted molar refractivity (Wildman–Crippen MR) is 118 cm³/mol. The molecule has 3 aromatic rings. The molecule has 10 heteroatoms. The minimum atomic E-state index is -3.59. The number of nitrogens with two attached hydrogens (primary N) is 1. The van der Waals surface area contributed by atoms with Crippen molar-refractivity contribution in [3.8, 4) is 11.4 Å². The number of rotatable bonds is 8. The Balaban J connectivity index is 1.62. The van der Waals surface area contributed by atoms with Crippen molar-refractivity contribution in [2.75, 3.05) is 11.1 Å². The van der Waals surface area contributed by atoms with Crippen LogP contribution in [0.2, 0.25) is 0 Å². The Morgan fingerprint density at radius 2 is 1.90 bits per heavy atom. The molecule has 1 amide bonds. The monoisotopic (exact) mass is 445 g/mol. The van der Waals surface area contributed by atoms with E-state index < -0.39 is 10.0 Å². The first kappa shape index (κ1) is 22.0. The first-order chi connectivity index (χ1) is 14.2. The number of hydrogen-bond donors (Lipinski definition) is 2. The molecule has 0 bridgehead atoms. The van der Waals surface area contributed by atoms with Crippen LogP contribution in [-0.2, 0) is 27.1 Å². The number of benzene rings is 2. The van der Waals surface area contributed by atoms with E-state index >= 15 is 0 Å². The lowest BCUT2D eigenvalue weighted by Gasteiger charge is -2.08. The molecule has 0 unspecified atom stereocenters. The van der Waals surface area contributed by atoms with E-state index in [1.165, 1.54) is 11.8 Å². The molecule has 0 saturated heterocycles. The fourth-order valence-electron chi connectivity index (χ4n) is 2.92. The van der Waals surface area contributed by atoms with Gasteiger partial charge in [-0.3, -0.25) is 4.79 Å². The van der Waals surface area contributed by atoms with E-state index in [9.17, 15) is 13.2 Å². The minimum absolute atomic E-state index is 0.172. The number of primary sulfonamides is 1. The van der Waals surface area contributed by atoms with Crippen molar-refractivity contribution in [1.29, 1.82) is 0 Å². The van der Waals surface area contributed by atoms with Crippen LogP contribution in [0.5, 0.6) is 0 Å². The molecule has 1 aromatic heterocycles. The molecule has 3 rings (SSSR count). The van der Waals surface area contributed by atoms with Gasteiger partial charge in [-0.1, -0.05) is 47.7 Å². The number of nitrogens with zero attached hydrogens (tertiary/aromatic N) is 3. The lowest BCUT2D eigenvalue weighted by Crippen LogP contribution is -2.16. The number of carbonyl (C=O) groups excluding carboxylic acids is 1. The Morgan fingerprint density at radius 3 is 2.53 bits per heavy atom. The van der Waals surface area contributed by atoms with Gasteiger partial charge in [-0.05, 0) is 37.6 Å². The molecule has 0 fully saturated rings. The van der Waals surface area contributed by atoms with Gasteiger partial charge in [-0.2, -0.15) is 0 Å². The van der Waals surface area contributed by atoms with E-state index in [2.05, 4.69) is 21.6 Å². The highest BCUT2D eigenvalue weighted by Crippen LogP contribution is 2.24. The number of anilines is 1. The Labute approximate surface area is 179 Å². The first-order valence-corrected chi connectivity index (χ1v) is 12.0. The number of nitrogens with one attached hydrogen (secondary N) is 1. The zero-order valence-corrected chi connectivity index (χ0v) is 18.3. The summed E-state index contributed by atoms with van der Waals surface area (Å²) >= 11 is 1.31. The van der Waals surface area contributed by atoms with Crippen molar-refractivity contribution in [2.45, 2.75) is 31.3 Å². The van der Waals surface area contributed by atoms with Crippen molar-refractivity contribution in [1.82, 2.24) is 14.8 Å². The van der Waals surface area contributed by atoms with Crippen LogP contribution in [-0.4, -0.2) is 34.8 Å². The third-order valence-electron chi connectivity index (χ3n) is 4.25. The van der Waals surface area contributed by atoms with Crippen molar-refractivity contribution in [3.63, 3.8) is 0 Å². The number of amides is 1. The van der Waals surface area contributed by atoms with Crippen LogP contribution in [0, 0.1) is 6.92 Å². The minimum Gasteiger partial charge on any atom is -0.325 e. The summed E-state index contributed by atoms with van der Waals surface area (Å²) in [5.74, 6) is 0.509. The van der Waals surface area contributed by atoms with E-state index in [-0.39, 0.29) is 17.4 Å². The summed E-state index contributed by atoms with van der Waals surface area (Å²) in [6, 6.07) is 14.6. The van der Waals surface area contributed by atoms with Crippen LogP contribution < -0.4 is 10.5 Å². The SMILES string of the molecule is CCn1c(SCC(=O)Nc2ccc(CS(N)(=O)=O)cc2)nnc1-c1cccc(C)c1. The molecule has 30 heavy (non-hydrogen) atoms. The van der Waals surface area contributed by atoms with Gasteiger partial charge < -0.3 is 9.88 Å². The summed E-state index contributed by atoms with van der Waals surface area (Å²) in [5, 5.41) is 17.0. The van der Waals surface area contributed by atoms with Gasteiger partial charge in [-0.25, -0.2) is 13.6 Å². The van der Waals surface area contributed by atoms with Crippen LogP contribution >= 0.6 is 11.8 Å². The number of thioether (sulfide) groups is 1. The largest absolute Gasteiger partial charge is 0.325 e. The summed E-state index contributed by atoms with van der Waals surface area (Å²) in [5.41, 5.74) is 3.27. The van der Waals surface area contributed by atoms with Crippen LogP contribution in [0.4, 0.5) is 5.69 Å². The highest BCUT2D eigenvalue weighted by Gasteiger charge is 2.15. The predicted octanol–water partition coefficient (Wildman–Crippen LogP) is 2.79. The summed E-state index contributed by atoms with van der Waals surface area (Å²) in [4.78, 5) is 12.3. The zero-order chi connectivity index (χ0) is 21.7. The normalized spacial score (nSPS) is 11.4. The van der Waals surface area contributed by atoms with Gasteiger partial charge in [-0.15, -0.1) is 10.2 Å². The number of hydrogen-bond acceptors (Lipinski definition) is 6. The highest BCUT2D eigenvalue weighted by atomic mass is 32.2. The zero-order valence-electron chi connectivity index (χ0n) is 16.7. The summed E-state index contributed by atoms with van der Waals surface area (Å²) < 4.78 is 24.3. The smallest absolute Gasteiger partial charge is 0.234 e. The standard InChI is InChI=1S/C20H23N5O3S2/c1-3-25-19(16-6-4-5-14(2)11-16)23-24-20(25)29-12-18(26)22-17-9-7-15(8-10-17)13-30(21,27)28/h4-11H,3,12-13H2,1-2H3,(H,22,26)(H2,21,27,28). The fraction of sp³-hybridized carbons (Fsp3) is 0.250. The van der Waals surface area contributed by atoms with Crippen LogP contribution in [0.25, 0.3) is 11.4 Å². The Kier molecular flexibility index (Phi) is 6.91. The number of carbonyl (C=O) groups is 1. The summed E-state index contributed by atoms with van der Waals surface area (Å²) in [6.45, 7) is 4.72. The van der Waals surface area contributed by atoms with Crippen LogP contribution in [0.3, 0.4) is 0 Å². The van der Waals surface area contributed by atoms with E-state index in [0.717, 1.165) is 17.0 Å². The molecule has 0 saturated carbocycles. The summed E-state index contributed by atoms with van der Waals surface area (Å²) in [6.07, 6.45) is 0. The molecule has 2 aromatic carbocycles. The quantitative estimate of drug-likeness (QED) is 0.515. The lowest BCUT2D eigenvalue weighted by atomic mass is 10.1. The second-order valence-corrected chi connectivity index (χ2v) is 9.32. The number of aromatic nitrogens is 3. The molecule has 1 heterocycles. The maximum atomic E-state index is 12.3. The van der Waals surface area contributed by atoms with Gasteiger partial charge in [0.25, 0.3) is 0 Å². The Morgan fingerprint density at radius 1 is 1.17 bits per heavy atom. The molecular weight excluding hydrogens is 422 g/mol. The summed E-state index contributed by atoms with van der Waals surface area (Å²) in [7, 11) is -3.59. The first-order valence-electron chi connectivity index (χ1n) is 9.27. The molecule has 0 atom stereocenters.